The maximum atomic E-state index is 12.4. The van der Waals surface area contributed by atoms with E-state index >= 15 is 0 Å². The quantitative estimate of drug-likeness (QED) is 0.877. The number of piperazine rings is 1. The van der Waals surface area contributed by atoms with Crippen molar-refractivity contribution in [2.24, 2.45) is 5.92 Å². The first-order valence-corrected chi connectivity index (χ1v) is 6.57. The average Bonchev–Trinajstić information content (AvgIpc) is 2.81. The topological polar surface area (TPSA) is 52.2 Å². The minimum Gasteiger partial charge on any atom is -0.341 e. The second-order valence-corrected chi connectivity index (χ2v) is 5.48. The Morgan fingerprint density at radius 1 is 1.56 bits per heavy atom. The van der Waals surface area contributed by atoms with E-state index in [4.69, 9.17) is 0 Å². The van der Waals surface area contributed by atoms with Crippen molar-refractivity contribution in [2.75, 3.05) is 26.7 Å². The van der Waals surface area contributed by atoms with Gasteiger partial charge in [0.05, 0.1) is 0 Å². The molecule has 1 aromatic heterocycles. The highest BCUT2D eigenvalue weighted by molar-refractivity contribution is 5.90. The van der Waals surface area contributed by atoms with Crippen LogP contribution in [0.1, 0.15) is 30.9 Å². The summed E-state index contributed by atoms with van der Waals surface area (Å²) in [5.74, 6) is 1.07. The van der Waals surface area contributed by atoms with Crippen LogP contribution >= 0.6 is 0 Å². The zero-order valence-corrected chi connectivity index (χ0v) is 11.4. The molecule has 0 radical (unpaired) electrons. The van der Waals surface area contributed by atoms with E-state index in [1.807, 2.05) is 4.90 Å². The van der Waals surface area contributed by atoms with E-state index in [-0.39, 0.29) is 5.91 Å². The van der Waals surface area contributed by atoms with Gasteiger partial charge in [0.15, 0.2) is 5.82 Å². The van der Waals surface area contributed by atoms with Gasteiger partial charge in [-0.3, -0.25) is 4.79 Å². The lowest BCUT2D eigenvalue weighted by atomic mass is 10.00. The molecule has 18 heavy (non-hydrogen) atoms. The summed E-state index contributed by atoms with van der Waals surface area (Å²) in [7, 11) is 2.11. The number of nitrogens with one attached hydrogen (secondary N) is 1. The van der Waals surface area contributed by atoms with Crippen molar-refractivity contribution in [1.82, 2.24) is 19.8 Å². The number of aromatic nitrogens is 2. The van der Waals surface area contributed by atoms with Crippen molar-refractivity contribution >= 4 is 5.91 Å². The van der Waals surface area contributed by atoms with E-state index in [1.54, 1.807) is 12.4 Å². The number of rotatable bonds is 3. The van der Waals surface area contributed by atoms with Gasteiger partial charge in [-0.15, -0.1) is 0 Å². The number of hydrogen-bond donors (Lipinski definition) is 1. The number of aromatic amines is 1. The lowest BCUT2D eigenvalue weighted by Crippen LogP contribution is -2.54. The molecule has 1 aliphatic heterocycles. The minimum atomic E-state index is 0.0266. The first-order valence-electron chi connectivity index (χ1n) is 6.57. The van der Waals surface area contributed by atoms with E-state index in [0.29, 0.717) is 17.8 Å². The van der Waals surface area contributed by atoms with Gasteiger partial charge in [0.25, 0.3) is 5.91 Å². The first kappa shape index (κ1) is 13.1. The molecule has 1 aromatic rings. The highest BCUT2D eigenvalue weighted by atomic mass is 16.2. The van der Waals surface area contributed by atoms with Crippen molar-refractivity contribution in [3.05, 3.63) is 18.2 Å². The second-order valence-electron chi connectivity index (χ2n) is 5.48. The molecule has 1 unspecified atom stereocenters. The minimum absolute atomic E-state index is 0.0266. The zero-order chi connectivity index (χ0) is 13.1. The molecule has 1 aliphatic rings. The molecule has 0 saturated carbocycles. The number of hydrogen-bond acceptors (Lipinski definition) is 3. The Bertz CT molecular complexity index is 386. The predicted molar refractivity (Wildman–Crippen MR) is 70.4 cm³/mol. The summed E-state index contributed by atoms with van der Waals surface area (Å²) >= 11 is 0. The van der Waals surface area contributed by atoms with Crippen LogP contribution in [0.25, 0.3) is 0 Å². The molecule has 2 rings (SSSR count). The third-order valence-electron chi connectivity index (χ3n) is 3.39. The Balaban J connectivity index is 2.10. The molecule has 0 aliphatic carbocycles. The number of nitrogens with zero attached hydrogens (tertiary/aromatic N) is 3. The molecule has 0 aromatic carbocycles. The smallest absolute Gasteiger partial charge is 0.289 e. The highest BCUT2D eigenvalue weighted by Gasteiger charge is 2.30. The van der Waals surface area contributed by atoms with Crippen molar-refractivity contribution < 1.29 is 4.79 Å². The van der Waals surface area contributed by atoms with E-state index in [0.717, 1.165) is 26.1 Å². The molecule has 100 valence electrons. The highest BCUT2D eigenvalue weighted by Crippen LogP contribution is 2.18. The van der Waals surface area contributed by atoms with Crippen molar-refractivity contribution in [2.45, 2.75) is 26.3 Å². The maximum absolute atomic E-state index is 12.4. The lowest BCUT2D eigenvalue weighted by Gasteiger charge is -2.40. The lowest BCUT2D eigenvalue weighted by molar-refractivity contribution is 0.0449. The fraction of sp³-hybridized carbons (Fsp3) is 0.692. The monoisotopic (exact) mass is 250 g/mol. The number of carbonyl (C=O) groups is 1. The molecule has 1 N–H and O–H groups in total. The number of amides is 1. The van der Waals surface area contributed by atoms with E-state index in [1.165, 1.54) is 0 Å². The Kier molecular flexibility index (Phi) is 4.01. The van der Waals surface area contributed by atoms with Crippen LogP contribution in [0, 0.1) is 5.92 Å². The van der Waals surface area contributed by atoms with Crippen LogP contribution in [0.4, 0.5) is 0 Å². The summed E-state index contributed by atoms with van der Waals surface area (Å²) in [6.45, 7) is 7.06. The van der Waals surface area contributed by atoms with Crippen molar-refractivity contribution in [3.8, 4) is 0 Å². The van der Waals surface area contributed by atoms with Crippen LogP contribution in [0.2, 0.25) is 0 Å². The van der Waals surface area contributed by atoms with E-state index < -0.39 is 0 Å². The summed E-state index contributed by atoms with van der Waals surface area (Å²) in [6.07, 6.45) is 4.36. The van der Waals surface area contributed by atoms with Crippen LogP contribution in [0.3, 0.4) is 0 Å². The van der Waals surface area contributed by atoms with Crippen molar-refractivity contribution in [3.63, 3.8) is 0 Å². The normalized spacial score (nSPS) is 21.6. The summed E-state index contributed by atoms with van der Waals surface area (Å²) in [4.78, 5) is 23.6. The third-order valence-corrected chi connectivity index (χ3v) is 3.39. The second kappa shape index (κ2) is 5.52. The van der Waals surface area contributed by atoms with Crippen molar-refractivity contribution in [1.29, 1.82) is 0 Å². The van der Waals surface area contributed by atoms with E-state index in [2.05, 4.69) is 35.8 Å². The van der Waals surface area contributed by atoms with Gasteiger partial charge in [0, 0.05) is 38.1 Å². The number of likely N-dealkylation sites (N-methyl/N-ethyl adjacent to an activating group) is 1. The molecule has 1 atom stereocenters. The molecule has 1 saturated heterocycles. The molecule has 2 heterocycles. The average molecular weight is 250 g/mol. The van der Waals surface area contributed by atoms with Gasteiger partial charge in [-0.1, -0.05) is 13.8 Å². The van der Waals surface area contributed by atoms with Gasteiger partial charge < -0.3 is 14.8 Å². The van der Waals surface area contributed by atoms with Gasteiger partial charge in [-0.2, -0.15) is 0 Å². The zero-order valence-electron chi connectivity index (χ0n) is 11.4. The molecular formula is C13H22N4O. The Hall–Kier alpha value is -1.36. The molecule has 0 spiro atoms. The summed E-state index contributed by atoms with van der Waals surface area (Å²) < 4.78 is 0. The first-order chi connectivity index (χ1) is 8.58. The molecule has 5 heteroatoms. The van der Waals surface area contributed by atoms with Crippen LogP contribution in [-0.4, -0.2) is 58.4 Å². The van der Waals surface area contributed by atoms with Gasteiger partial charge in [-0.25, -0.2) is 4.98 Å². The van der Waals surface area contributed by atoms with Crippen LogP contribution < -0.4 is 0 Å². The summed E-state index contributed by atoms with van der Waals surface area (Å²) in [5.41, 5.74) is 0. The Labute approximate surface area is 108 Å². The third kappa shape index (κ3) is 2.90. The van der Waals surface area contributed by atoms with Crippen LogP contribution in [-0.2, 0) is 0 Å². The summed E-state index contributed by atoms with van der Waals surface area (Å²) in [5, 5.41) is 0. The molecule has 5 nitrogen and oxygen atoms in total. The molecule has 1 amide bonds. The SMILES string of the molecule is CC(C)CC1CN(C)CCN1C(=O)c1ncc[nH]1. The van der Waals surface area contributed by atoms with Gasteiger partial charge >= 0.3 is 0 Å². The molecule has 1 fully saturated rings. The standard InChI is InChI=1S/C13H22N4O/c1-10(2)8-11-9-16(3)6-7-17(11)13(18)12-14-4-5-15-12/h4-5,10-11H,6-9H2,1-3H3,(H,14,15). The fourth-order valence-corrected chi connectivity index (χ4v) is 2.54. The van der Waals surface area contributed by atoms with Crippen LogP contribution in [0.5, 0.6) is 0 Å². The largest absolute Gasteiger partial charge is 0.341 e. The number of carbonyl (C=O) groups excluding carboxylic acids is 1. The number of imidazole rings is 1. The summed E-state index contributed by atoms with van der Waals surface area (Å²) in [6, 6.07) is 0.293. The van der Waals surface area contributed by atoms with Gasteiger partial charge in [0.1, 0.15) is 0 Å². The Morgan fingerprint density at radius 3 is 2.94 bits per heavy atom. The Morgan fingerprint density at radius 2 is 2.33 bits per heavy atom. The molecule has 0 bridgehead atoms. The number of H-pyrrole nitrogens is 1. The predicted octanol–water partition coefficient (Wildman–Crippen LogP) is 1.21. The van der Waals surface area contributed by atoms with Gasteiger partial charge in [0.2, 0.25) is 0 Å². The molecular weight excluding hydrogens is 228 g/mol. The van der Waals surface area contributed by atoms with E-state index in [9.17, 15) is 4.79 Å². The fourth-order valence-electron chi connectivity index (χ4n) is 2.54. The van der Waals surface area contributed by atoms with Gasteiger partial charge in [-0.05, 0) is 19.4 Å². The maximum Gasteiger partial charge on any atom is 0.289 e. The van der Waals surface area contributed by atoms with Crippen LogP contribution in [0.15, 0.2) is 12.4 Å².